The van der Waals surface area contributed by atoms with E-state index >= 15 is 0 Å². The van der Waals surface area contributed by atoms with Crippen molar-refractivity contribution in [3.05, 3.63) is 59.2 Å². The molecule has 0 radical (unpaired) electrons. The molecule has 1 aliphatic heterocycles. The van der Waals surface area contributed by atoms with Gasteiger partial charge in [0.05, 0.1) is 0 Å². The zero-order chi connectivity index (χ0) is 17.1. The van der Waals surface area contributed by atoms with Gasteiger partial charge in [-0.25, -0.2) is 0 Å². The maximum atomic E-state index is 13.1. The molecule has 126 valence electrons. The van der Waals surface area contributed by atoms with E-state index in [1.54, 1.807) is 0 Å². The largest absolute Gasteiger partial charge is 0.480 e. The summed E-state index contributed by atoms with van der Waals surface area (Å²) in [4.78, 5) is 15.0. The molecule has 0 saturated carbocycles. The minimum absolute atomic E-state index is 0.0607. The molecule has 2 aromatic carbocycles. The highest BCUT2D eigenvalue weighted by Gasteiger charge is 2.29. The molecular formula is C21H25NO2. The lowest BCUT2D eigenvalue weighted by Gasteiger charge is -2.32. The van der Waals surface area contributed by atoms with E-state index in [4.69, 9.17) is 4.74 Å². The SMILES string of the molecule is CC[C@@H](Oc1cccc(C)c1C)C(=O)N1CCCc2ccccc21. The van der Waals surface area contributed by atoms with Crippen LogP contribution in [-0.2, 0) is 11.2 Å². The molecule has 3 nitrogen and oxygen atoms in total. The topological polar surface area (TPSA) is 29.5 Å². The van der Waals surface area contributed by atoms with E-state index in [9.17, 15) is 4.79 Å². The van der Waals surface area contributed by atoms with Gasteiger partial charge in [0.2, 0.25) is 0 Å². The third kappa shape index (κ3) is 3.16. The normalized spacial score (nSPS) is 14.9. The molecule has 1 amide bonds. The second kappa shape index (κ2) is 7.08. The van der Waals surface area contributed by atoms with Gasteiger partial charge < -0.3 is 9.64 Å². The Bertz CT molecular complexity index is 738. The van der Waals surface area contributed by atoms with E-state index < -0.39 is 6.10 Å². The Balaban J connectivity index is 1.84. The Morgan fingerprint density at radius 1 is 1.17 bits per heavy atom. The monoisotopic (exact) mass is 323 g/mol. The molecule has 3 heteroatoms. The zero-order valence-corrected chi connectivity index (χ0v) is 14.7. The quantitative estimate of drug-likeness (QED) is 0.832. The average molecular weight is 323 g/mol. The minimum Gasteiger partial charge on any atom is -0.480 e. The number of anilines is 1. The molecule has 0 aliphatic carbocycles. The highest BCUT2D eigenvalue weighted by atomic mass is 16.5. The number of ether oxygens (including phenoxy) is 1. The van der Waals surface area contributed by atoms with Crippen LogP contribution in [0.4, 0.5) is 5.69 Å². The average Bonchev–Trinajstić information content (AvgIpc) is 2.62. The van der Waals surface area contributed by atoms with Crippen LogP contribution in [-0.4, -0.2) is 18.6 Å². The first-order chi connectivity index (χ1) is 11.6. The second-order valence-corrected chi connectivity index (χ2v) is 6.43. The molecule has 0 N–H and O–H groups in total. The van der Waals surface area contributed by atoms with Gasteiger partial charge in [-0.2, -0.15) is 0 Å². The minimum atomic E-state index is -0.448. The van der Waals surface area contributed by atoms with Gasteiger partial charge in [-0.05, 0) is 61.9 Å². The van der Waals surface area contributed by atoms with Crippen LogP contribution in [0, 0.1) is 13.8 Å². The maximum absolute atomic E-state index is 13.1. The number of hydrogen-bond donors (Lipinski definition) is 0. The fraction of sp³-hybridized carbons (Fsp3) is 0.381. The Morgan fingerprint density at radius 3 is 2.75 bits per heavy atom. The van der Waals surface area contributed by atoms with Crippen molar-refractivity contribution in [1.29, 1.82) is 0 Å². The lowest BCUT2D eigenvalue weighted by atomic mass is 10.0. The molecule has 0 spiro atoms. The molecule has 0 unspecified atom stereocenters. The lowest BCUT2D eigenvalue weighted by molar-refractivity contribution is -0.125. The lowest BCUT2D eigenvalue weighted by Crippen LogP contribution is -2.44. The van der Waals surface area contributed by atoms with Crippen LogP contribution in [0.15, 0.2) is 42.5 Å². The predicted molar refractivity (Wildman–Crippen MR) is 97.7 cm³/mol. The number of fused-ring (bicyclic) bond motifs is 1. The molecule has 1 aliphatic rings. The summed E-state index contributed by atoms with van der Waals surface area (Å²) < 4.78 is 6.11. The Labute approximate surface area is 144 Å². The summed E-state index contributed by atoms with van der Waals surface area (Å²) in [5.74, 6) is 0.867. The third-order valence-electron chi connectivity index (χ3n) is 4.85. The highest BCUT2D eigenvalue weighted by molar-refractivity contribution is 5.97. The van der Waals surface area contributed by atoms with Gasteiger partial charge >= 0.3 is 0 Å². The molecular weight excluding hydrogens is 298 g/mol. The van der Waals surface area contributed by atoms with Crippen molar-refractivity contribution >= 4 is 11.6 Å². The van der Waals surface area contributed by atoms with Gasteiger partial charge in [0.1, 0.15) is 5.75 Å². The van der Waals surface area contributed by atoms with Crippen molar-refractivity contribution in [2.75, 3.05) is 11.4 Å². The van der Waals surface area contributed by atoms with Crippen LogP contribution in [0.2, 0.25) is 0 Å². The van der Waals surface area contributed by atoms with Crippen molar-refractivity contribution in [2.24, 2.45) is 0 Å². The number of hydrogen-bond acceptors (Lipinski definition) is 2. The molecule has 3 rings (SSSR count). The third-order valence-corrected chi connectivity index (χ3v) is 4.85. The summed E-state index contributed by atoms with van der Waals surface area (Å²) in [5, 5.41) is 0. The molecule has 24 heavy (non-hydrogen) atoms. The summed E-state index contributed by atoms with van der Waals surface area (Å²) in [6.07, 6.45) is 2.25. The van der Waals surface area contributed by atoms with Crippen molar-refractivity contribution in [1.82, 2.24) is 0 Å². The molecule has 1 heterocycles. The number of benzene rings is 2. The number of rotatable bonds is 4. The van der Waals surface area contributed by atoms with E-state index in [0.29, 0.717) is 6.42 Å². The summed E-state index contributed by atoms with van der Waals surface area (Å²) in [7, 11) is 0. The van der Waals surface area contributed by atoms with Crippen molar-refractivity contribution in [3.8, 4) is 5.75 Å². The first-order valence-corrected chi connectivity index (χ1v) is 8.74. The van der Waals surface area contributed by atoms with E-state index in [1.165, 1.54) is 11.1 Å². The van der Waals surface area contributed by atoms with Gasteiger partial charge in [0.15, 0.2) is 6.10 Å². The van der Waals surface area contributed by atoms with E-state index in [2.05, 4.69) is 19.1 Å². The standard InChI is InChI=1S/C21H25NO2/c1-4-19(24-20-13-7-9-15(2)16(20)3)21(23)22-14-8-11-17-10-5-6-12-18(17)22/h5-7,9-10,12-13,19H,4,8,11,14H2,1-3H3/t19-/m1/s1. The van der Waals surface area contributed by atoms with Crippen LogP contribution in [0.5, 0.6) is 5.75 Å². The number of carbonyl (C=O) groups excluding carboxylic acids is 1. The van der Waals surface area contributed by atoms with E-state index in [0.717, 1.165) is 36.4 Å². The number of para-hydroxylation sites is 1. The van der Waals surface area contributed by atoms with Crippen LogP contribution in [0.25, 0.3) is 0 Å². The Kier molecular flexibility index (Phi) is 4.89. The molecule has 0 aromatic heterocycles. The van der Waals surface area contributed by atoms with E-state index in [1.807, 2.05) is 49.1 Å². The predicted octanol–water partition coefficient (Wildman–Crippen LogP) is 4.44. The molecule has 1 atom stereocenters. The van der Waals surface area contributed by atoms with Gasteiger partial charge in [-0.15, -0.1) is 0 Å². The Morgan fingerprint density at radius 2 is 1.96 bits per heavy atom. The van der Waals surface area contributed by atoms with Crippen LogP contribution < -0.4 is 9.64 Å². The molecule has 0 fully saturated rings. The molecule has 2 aromatic rings. The highest BCUT2D eigenvalue weighted by Crippen LogP contribution is 2.29. The summed E-state index contributed by atoms with van der Waals surface area (Å²) in [6, 6.07) is 14.2. The molecule has 0 bridgehead atoms. The molecule has 0 saturated heterocycles. The van der Waals surface area contributed by atoms with Gasteiger partial charge in [0, 0.05) is 12.2 Å². The van der Waals surface area contributed by atoms with Crippen LogP contribution >= 0.6 is 0 Å². The van der Waals surface area contributed by atoms with Crippen molar-refractivity contribution < 1.29 is 9.53 Å². The van der Waals surface area contributed by atoms with Gasteiger partial charge in [-0.3, -0.25) is 4.79 Å². The van der Waals surface area contributed by atoms with Gasteiger partial charge in [0.25, 0.3) is 5.91 Å². The second-order valence-electron chi connectivity index (χ2n) is 6.43. The maximum Gasteiger partial charge on any atom is 0.268 e. The smallest absolute Gasteiger partial charge is 0.268 e. The van der Waals surface area contributed by atoms with Crippen molar-refractivity contribution in [2.45, 2.75) is 46.1 Å². The fourth-order valence-electron chi connectivity index (χ4n) is 3.25. The number of amides is 1. The Hall–Kier alpha value is -2.29. The number of carbonyl (C=O) groups is 1. The number of nitrogens with zero attached hydrogens (tertiary/aromatic N) is 1. The van der Waals surface area contributed by atoms with E-state index in [-0.39, 0.29) is 5.91 Å². The zero-order valence-electron chi connectivity index (χ0n) is 14.7. The fourth-order valence-corrected chi connectivity index (χ4v) is 3.25. The van der Waals surface area contributed by atoms with Crippen LogP contribution in [0.1, 0.15) is 36.5 Å². The summed E-state index contributed by atoms with van der Waals surface area (Å²) in [5.41, 5.74) is 4.57. The van der Waals surface area contributed by atoms with Crippen molar-refractivity contribution in [3.63, 3.8) is 0 Å². The number of aryl methyl sites for hydroxylation is 2. The first-order valence-electron chi connectivity index (χ1n) is 8.74. The first kappa shape index (κ1) is 16.6. The summed E-state index contributed by atoms with van der Waals surface area (Å²) >= 11 is 0. The summed E-state index contributed by atoms with van der Waals surface area (Å²) in [6.45, 7) is 6.87. The van der Waals surface area contributed by atoms with Crippen LogP contribution in [0.3, 0.4) is 0 Å². The van der Waals surface area contributed by atoms with Gasteiger partial charge in [-0.1, -0.05) is 37.3 Å².